The predicted octanol–water partition coefficient (Wildman–Crippen LogP) is 2.21. The number of nitrogens with zero attached hydrogens (tertiary/aromatic N) is 2. The van der Waals surface area contributed by atoms with Crippen molar-refractivity contribution in [2.75, 3.05) is 13.1 Å². The summed E-state index contributed by atoms with van der Waals surface area (Å²) in [5.41, 5.74) is 1.03. The van der Waals surface area contributed by atoms with Gasteiger partial charge in [-0.3, -0.25) is 14.4 Å². The summed E-state index contributed by atoms with van der Waals surface area (Å²) in [6.45, 7) is 5.00. The summed E-state index contributed by atoms with van der Waals surface area (Å²) in [6.07, 6.45) is 0.832. The molecule has 2 aromatic carbocycles. The van der Waals surface area contributed by atoms with Crippen LogP contribution in [0.5, 0.6) is 0 Å². The highest BCUT2D eigenvalue weighted by molar-refractivity contribution is 7.90. The Morgan fingerprint density at radius 2 is 1.67 bits per heavy atom. The summed E-state index contributed by atoms with van der Waals surface area (Å²) in [7, 11) is -4.13. The zero-order chi connectivity index (χ0) is 24.2. The Labute approximate surface area is 194 Å². The van der Waals surface area contributed by atoms with Crippen LogP contribution in [0.1, 0.15) is 43.1 Å². The molecule has 0 radical (unpaired) electrons. The number of nitrogens with one attached hydrogen (secondary N) is 1. The van der Waals surface area contributed by atoms with Gasteiger partial charge in [0, 0.05) is 12.6 Å². The van der Waals surface area contributed by atoms with E-state index >= 15 is 0 Å². The highest BCUT2D eigenvalue weighted by atomic mass is 32.2. The summed E-state index contributed by atoms with van der Waals surface area (Å²) in [5.74, 6) is -1.64. The van der Waals surface area contributed by atoms with Gasteiger partial charge in [-0.1, -0.05) is 49.4 Å². The van der Waals surface area contributed by atoms with Crippen molar-refractivity contribution in [1.29, 1.82) is 0 Å². The molecule has 1 unspecified atom stereocenters. The number of benzene rings is 2. The maximum atomic E-state index is 13.4. The topological polar surface area (TPSA) is 104 Å². The molecule has 9 heteroatoms. The van der Waals surface area contributed by atoms with Crippen LogP contribution in [0.25, 0.3) is 0 Å². The first-order chi connectivity index (χ1) is 15.7. The van der Waals surface area contributed by atoms with E-state index in [0.717, 1.165) is 5.56 Å². The number of carbonyl (C=O) groups excluding carboxylic acids is 3. The molecule has 0 aliphatic carbocycles. The number of rotatable bonds is 9. The lowest BCUT2D eigenvalue weighted by Gasteiger charge is -2.32. The van der Waals surface area contributed by atoms with Gasteiger partial charge in [-0.15, -0.1) is 0 Å². The molecule has 176 valence electrons. The van der Waals surface area contributed by atoms with Crippen molar-refractivity contribution >= 4 is 27.7 Å². The molecule has 1 atom stereocenters. The predicted molar refractivity (Wildman–Crippen MR) is 124 cm³/mol. The molecule has 0 fully saturated rings. The van der Waals surface area contributed by atoms with Gasteiger partial charge in [-0.05, 0) is 44.4 Å². The van der Waals surface area contributed by atoms with Gasteiger partial charge in [-0.25, -0.2) is 12.7 Å². The van der Waals surface area contributed by atoms with Crippen LogP contribution in [0.2, 0.25) is 0 Å². The smallest absolute Gasteiger partial charge is 0.269 e. The third kappa shape index (κ3) is 5.24. The normalized spacial score (nSPS) is 15.3. The van der Waals surface area contributed by atoms with Crippen molar-refractivity contribution < 1.29 is 22.8 Å². The minimum atomic E-state index is -4.13. The van der Waals surface area contributed by atoms with Crippen molar-refractivity contribution in [2.24, 2.45) is 0 Å². The van der Waals surface area contributed by atoms with E-state index < -0.39 is 34.4 Å². The minimum absolute atomic E-state index is 0.0470. The molecule has 2 aromatic rings. The van der Waals surface area contributed by atoms with Crippen molar-refractivity contribution in [2.45, 2.75) is 50.6 Å². The van der Waals surface area contributed by atoms with E-state index in [1.807, 2.05) is 44.2 Å². The number of amides is 3. The molecule has 1 aliphatic rings. The van der Waals surface area contributed by atoms with E-state index in [1.54, 1.807) is 13.0 Å². The first kappa shape index (κ1) is 24.4. The molecule has 0 aromatic heterocycles. The molecule has 3 amide bonds. The summed E-state index contributed by atoms with van der Waals surface area (Å²) < 4.78 is 26.4. The van der Waals surface area contributed by atoms with Crippen molar-refractivity contribution in [3.8, 4) is 0 Å². The summed E-state index contributed by atoms with van der Waals surface area (Å²) >= 11 is 0. The number of hydrogen-bond acceptors (Lipinski definition) is 5. The molecule has 0 saturated heterocycles. The highest BCUT2D eigenvalue weighted by Gasteiger charge is 2.43. The van der Waals surface area contributed by atoms with Crippen LogP contribution < -0.4 is 5.32 Å². The van der Waals surface area contributed by atoms with Gasteiger partial charge in [0.25, 0.3) is 15.9 Å². The molecular weight excluding hydrogens is 442 g/mol. The van der Waals surface area contributed by atoms with Crippen molar-refractivity contribution in [3.63, 3.8) is 0 Å². The Bertz CT molecular complexity index is 1130. The Morgan fingerprint density at radius 3 is 2.27 bits per heavy atom. The van der Waals surface area contributed by atoms with Gasteiger partial charge in [0.1, 0.15) is 17.5 Å². The van der Waals surface area contributed by atoms with Crippen molar-refractivity contribution in [1.82, 2.24) is 14.5 Å². The SMILES string of the molecule is CCC(C(=O)NC(C)C)N(CCc1ccccc1)C(=O)CN1C(=O)c2ccccc2S1(=O)=O. The van der Waals surface area contributed by atoms with Crippen LogP contribution in [-0.4, -0.2) is 60.5 Å². The zero-order valence-corrected chi connectivity index (χ0v) is 19.8. The van der Waals surface area contributed by atoms with Gasteiger partial charge in [-0.2, -0.15) is 0 Å². The van der Waals surface area contributed by atoms with Crippen LogP contribution in [0, 0.1) is 0 Å². The Kier molecular flexibility index (Phi) is 7.53. The van der Waals surface area contributed by atoms with E-state index in [-0.39, 0.29) is 29.0 Å². The largest absolute Gasteiger partial charge is 0.352 e. The first-order valence-corrected chi connectivity index (χ1v) is 12.4. The fourth-order valence-electron chi connectivity index (χ4n) is 3.88. The van der Waals surface area contributed by atoms with Crippen molar-refractivity contribution in [3.05, 3.63) is 65.7 Å². The quantitative estimate of drug-likeness (QED) is 0.604. The summed E-state index contributed by atoms with van der Waals surface area (Å²) in [5, 5.41) is 2.83. The van der Waals surface area contributed by atoms with E-state index in [4.69, 9.17) is 0 Å². The first-order valence-electron chi connectivity index (χ1n) is 11.0. The zero-order valence-electron chi connectivity index (χ0n) is 19.0. The minimum Gasteiger partial charge on any atom is -0.352 e. The molecule has 1 aliphatic heterocycles. The average Bonchev–Trinajstić information content (AvgIpc) is 2.97. The van der Waals surface area contributed by atoms with E-state index in [1.165, 1.54) is 23.1 Å². The second kappa shape index (κ2) is 10.2. The van der Waals surface area contributed by atoms with E-state index in [2.05, 4.69) is 5.32 Å². The lowest BCUT2D eigenvalue weighted by atomic mass is 10.1. The molecular formula is C24H29N3O5S. The molecule has 0 saturated carbocycles. The van der Waals surface area contributed by atoms with Crippen LogP contribution in [0.15, 0.2) is 59.5 Å². The molecule has 1 heterocycles. The summed E-state index contributed by atoms with van der Waals surface area (Å²) in [6, 6.07) is 14.5. The number of carbonyl (C=O) groups is 3. The molecule has 0 spiro atoms. The van der Waals surface area contributed by atoms with Crippen LogP contribution >= 0.6 is 0 Å². The van der Waals surface area contributed by atoms with E-state index in [0.29, 0.717) is 17.1 Å². The number of fused-ring (bicyclic) bond motifs is 1. The van der Waals surface area contributed by atoms with Gasteiger partial charge in [0.05, 0.1) is 5.56 Å². The third-order valence-electron chi connectivity index (χ3n) is 5.49. The molecule has 33 heavy (non-hydrogen) atoms. The van der Waals surface area contributed by atoms with Crippen LogP contribution in [0.4, 0.5) is 0 Å². The monoisotopic (exact) mass is 471 g/mol. The van der Waals surface area contributed by atoms with Crippen LogP contribution in [0.3, 0.4) is 0 Å². The van der Waals surface area contributed by atoms with E-state index in [9.17, 15) is 22.8 Å². The van der Waals surface area contributed by atoms with Gasteiger partial charge >= 0.3 is 0 Å². The molecule has 1 N–H and O–H groups in total. The highest BCUT2D eigenvalue weighted by Crippen LogP contribution is 2.30. The van der Waals surface area contributed by atoms with Gasteiger partial charge in [0.15, 0.2) is 0 Å². The standard InChI is InChI=1S/C24H29N3O5S/c1-4-20(23(29)25-17(2)3)26(15-14-18-10-6-5-7-11-18)22(28)16-27-24(30)19-12-8-9-13-21(19)33(27,31)32/h5-13,17,20H,4,14-16H2,1-3H3,(H,25,29). The summed E-state index contributed by atoms with van der Waals surface area (Å²) in [4.78, 5) is 40.3. The number of sulfonamides is 1. The maximum absolute atomic E-state index is 13.4. The second-order valence-corrected chi connectivity index (χ2v) is 10.1. The lowest BCUT2D eigenvalue weighted by Crippen LogP contribution is -2.54. The van der Waals surface area contributed by atoms with Gasteiger partial charge < -0.3 is 10.2 Å². The lowest BCUT2D eigenvalue weighted by molar-refractivity contribution is -0.140. The number of hydrogen-bond donors (Lipinski definition) is 1. The average molecular weight is 472 g/mol. The Balaban J connectivity index is 1.87. The fourth-order valence-corrected chi connectivity index (χ4v) is 5.40. The second-order valence-electron chi connectivity index (χ2n) is 8.22. The third-order valence-corrected chi connectivity index (χ3v) is 7.28. The fraction of sp³-hybridized carbons (Fsp3) is 0.375. The maximum Gasteiger partial charge on any atom is 0.269 e. The molecule has 8 nitrogen and oxygen atoms in total. The van der Waals surface area contributed by atoms with Gasteiger partial charge in [0.2, 0.25) is 11.8 Å². The Hall–Kier alpha value is -3.20. The Morgan fingerprint density at radius 1 is 1.03 bits per heavy atom. The van der Waals surface area contributed by atoms with Crippen LogP contribution in [-0.2, 0) is 26.0 Å². The molecule has 0 bridgehead atoms. The molecule has 3 rings (SSSR count).